The van der Waals surface area contributed by atoms with Gasteiger partial charge in [0.05, 0.1) is 12.7 Å². The van der Waals surface area contributed by atoms with Crippen molar-refractivity contribution in [2.45, 2.75) is 26.2 Å². The maximum absolute atomic E-state index is 11.6. The quantitative estimate of drug-likeness (QED) is 0.775. The van der Waals surface area contributed by atoms with E-state index in [4.69, 9.17) is 9.47 Å². The van der Waals surface area contributed by atoms with Crippen LogP contribution in [-0.2, 0) is 20.7 Å². The Bertz CT molecular complexity index is 590. The highest BCUT2D eigenvalue weighted by Gasteiger charge is 2.20. The second-order valence-corrected chi connectivity index (χ2v) is 5.50. The molecule has 5 heteroatoms. The molecule has 0 aromatic heterocycles. The summed E-state index contributed by atoms with van der Waals surface area (Å²) in [7, 11) is 1.36. The molecule has 2 rings (SSSR count). The second kappa shape index (κ2) is 6.22. The van der Waals surface area contributed by atoms with Gasteiger partial charge in [0.25, 0.3) is 0 Å². The van der Waals surface area contributed by atoms with Crippen molar-refractivity contribution in [2.24, 2.45) is 0 Å². The number of benzene rings is 1. The zero-order valence-corrected chi connectivity index (χ0v) is 13.0. The van der Waals surface area contributed by atoms with Crippen LogP contribution in [0.5, 0.6) is 0 Å². The van der Waals surface area contributed by atoms with Crippen LogP contribution in [0.2, 0.25) is 0 Å². The molecule has 1 aliphatic carbocycles. The van der Waals surface area contributed by atoms with E-state index in [0.29, 0.717) is 11.3 Å². The Hall–Kier alpha value is -1.62. The van der Waals surface area contributed by atoms with E-state index in [0.717, 1.165) is 34.9 Å². The van der Waals surface area contributed by atoms with E-state index < -0.39 is 0 Å². The number of allylic oxidation sites excluding steroid dienone is 1. The van der Waals surface area contributed by atoms with Crippen molar-refractivity contribution in [3.05, 3.63) is 39.4 Å². The summed E-state index contributed by atoms with van der Waals surface area (Å²) in [6, 6.07) is 5.28. The van der Waals surface area contributed by atoms with Gasteiger partial charge in [-0.25, -0.2) is 4.79 Å². The Balaban J connectivity index is 2.48. The van der Waals surface area contributed by atoms with E-state index in [2.05, 4.69) is 15.9 Å². The van der Waals surface area contributed by atoms with Crippen LogP contribution in [0.1, 0.15) is 41.3 Å². The second-order valence-electron chi connectivity index (χ2n) is 4.54. The van der Waals surface area contributed by atoms with Gasteiger partial charge in [-0.3, -0.25) is 4.79 Å². The summed E-state index contributed by atoms with van der Waals surface area (Å²) in [4.78, 5) is 22.8. The van der Waals surface area contributed by atoms with Gasteiger partial charge in [-0.1, -0.05) is 22.0 Å². The van der Waals surface area contributed by atoms with Gasteiger partial charge in [0, 0.05) is 17.0 Å². The summed E-state index contributed by atoms with van der Waals surface area (Å²) in [6.45, 7) is 1.38. The van der Waals surface area contributed by atoms with Crippen molar-refractivity contribution < 1.29 is 19.1 Å². The van der Waals surface area contributed by atoms with Gasteiger partial charge >= 0.3 is 11.9 Å². The Kier molecular flexibility index (Phi) is 4.60. The number of carbonyl (C=O) groups is 2. The lowest BCUT2D eigenvalue weighted by Crippen LogP contribution is -2.05. The van der Waals surface area contributed by atoms with Crippen LogP contribution in [0, 0.1) is 0 Å². The monoisotopic (exact) mass is 338 g/mol. The van der Waals surface area contributed by atoms with Gasteiger partial charge in [-0.05, 0) is 37.0 Å². The average Bonchev–Trinajstić information content (AvgIpc) is 2.57. The minimum Gasteiger partial charge on any atom is -0.465 e. The molecule has 0 heterocycles. The zero-order valence-electron chi connectivity index (χ0n) is 11.4. The van der Waals surface area contributed by atoms with Crippen molar-refractivity contribution in [2.75, 3.05) is 7.11 Å². The molecule has 0 atom stereocenters. The highest BCUT2D eigenvalue weighted by molar-refractivity contribution is 9.11. The van der Waals surface area contributed by atoms with Gasteiger partial charge in [0.15, 0.2) is 0 Å². The van der Waals surface area contributed by atoms with Gasteiger partial charge < -0.3 is 9.47 Å². The molecule has 0 N–H and O–H groups in total. The van der Waals surface area contributed by atoms with Crippen LogP contribution in [-0.4, -0.2) is 19.0 Å². The molecule has 0 fully saturated rings. The molecule has 0 amide bonds. The van der Waals surface area contributed by atoms with Crippen LogP contribution in [0.3, 0.4) is 0 Å². The summed E-state index contributed by atoms with van der Waals surface area (Å²) < 4.78 is 10.9. The minimum atomic E-state index is -0.367. The third-order valence-corrected chi connectivity index (χ3v) is 3.86. The number of ether oxygens (including phenoxy) is 2. The molecular weight excluding hydrogens is 324 g/mol. The number of aryl methyl sites for hydroxylation is 1. The predicted octanol–water partition coefficient (Wildman–Crippen LogP) is 3.44. The van der Waals surface area contributed by atoms with Crippen molar-refractivity contribution in [1.29, 1.82) is 0 Å². The SMILES string of the molecule is COC(=O)c1ccc2c(c1)CCCC(Br)=C2OC(C)=O. The molecule has 1 aromatic carbocycles. The standard InChI is InChI=1S/C15H15BrO4/c1-9(17)20-14-12-7-6-11(15(18)19-2)8-10(12)4-3-5-13(14)16/h6-8H,3-5H2,1-2H3. The van der Waals surface area contributed by atoms with E-state index in [1.54, 1.807) is 18.2 Å². The topological polar surface area (TPSA) is 52.6 Å². The lowest BCUT2D eigenvalue weighted by atomic mass is 10.0. The van der Waals surface area contributed by atoms with Crippen LogP contribution < -0.4 is 0 Å². The number of esters is 2. The molecule has 0 spiro atoms. The minimum absolute atomic E-state index is 0.359. The van der Waals surface area contributed by atoms with Gasteiger partial charge in [0.2, 0.25) is 0 Å². The number of carbonyl (C=O) groups excluding carboxylic acids is 2. The van der Waals surface area contributed by atoms with E-state index in [-0.39, 0.29) is 11.9 Å². The zero-order chi connectivity index (χ0) is 14.7. The third-order valence-electron chi connectivity index (χ3n) is 3.11. The Labute approximate surface area is 125 Å². The number of hydrogen-bond acceptors (Lipinski definition) is 4. The number of methoxy groups -OCH3 is 1. The number of fused-ring (bicyclic) bond motifs is 1. The Morgan fingerprint density at radius 3 is 2.65 bits per heavy atom. The highest BCUT2D eigenvalue weighted by atomic mass is 79.9. The molecule has 1 aliphatic rings. The van der Waals surface area contributed by atoms with E-state index in [1.807, 2.05) is 0 Å². The molecule has 0 saturated heterocycles. The normalized spacial score (nSPS) is 14.3. The van der Waals surface area contributed by atoms with Crippen LogP contribution in [0.4, 0.5) is 0 Å². The maximum atomic E-state index is 11.6. The fraction of sp³-hybridized carbons (Fsp3) is 0.333. The first-order valence-corrected chi connectivity index (χ1v) is 7.11. The molecule has 0 saturated carbocycles. The summed E-state index contributed by atoms with van der Waals surface area (Å²) in [5.74, 6) is -0.183. The first-order chi connectivity index (χ1) is 9.52. The molecule has 106 valence electrons. The number of halogens is 1. The van der Waals surface area contributed by atoms with E-state index in [1.165, 1.54) is 14.0 Å². The molecule has 0 unspecified atom stereocenters. The highest BCUT2D eigenvalue weighted by Crippen LogP contribution is 2.34. The van der Waals surface area contributed by atoms with Crippen molar-refractivity contribution >= 4 is 33.6 Å². The van der Waals surface area contributed by atoms with Crippen molar-refractivity contribution in [3.63, 3.8) is 0 Å². The van der Waals surface area contributed by atoms with Gasteiger partial charge in [-0.2, -0.15) is 0 Å². The third kappa shape index (κ3) is 3.10. The summed E-state index contributed by atoms with van der Waals surface area (Å²) in [5.41, 5.74) is 2.34. The summed E-state index contributed by atoms with van der Waals surface area (Å²) in [5, 5.41) is 0. The van der Waals surface area contributed by atoms with Gasteiger partial charge in [-0.15, -0.1) is 0 Å². The largest absolute Gasteiger partial charge is 0.465 e. The van der Waals surface area contributed by atoms with Crippen molar-refractivity contribution in [3.8, 4) is 0 Å². The molecular formula is C15H15BrO4. The van der Waals surface area contributed by atoms with Crippen LogP contribution in [0.15, 0.2) is 22.7 Å². The van der Waals surface area contributed by atoms with Crippen LogP contribution in [0.25, 0.3) is 5.76 Å². The lowest BCUT2D eigenvalue weighted by molar-refractivity contribution is -0.134. The fourth-order valence-corrected chi connectivity index (χ4v) is 2.79. The molecule has 0 bridgehead atoms. The summed E-state index contributed by atoms with van der Waals surface area (Å²) in [6.07, 6.45) is 2.54. The fourth-order valence-electron chi connectivity index (χ4n) is 2.21. The molecule has 1 aromatic rings. The predicted molar refractivity (Wildman–Crippen MR) is 78.3 cm³/mol. The Morgan fingerprint density at radius 1 is 1.25 bits per heavy atom. The van der Waals surface area contributed by atoms with Crippen LogP contribution >= 0.6 is 15.9 Å². The summed E-state index contributed by atoms with van der Waals surface area (Å²) >= 11 is 3.47. The van der Waals surface area contributed by atoms with E-state index in [9.17, 15) is 9.59 Å². The lowest BCUT2D eigenvalue weighted by Gasteiger charge is -2.12. The molecule has 20 heavy (non-hydrogen) atoms. The van der Waals surface area contributed by atoms with Gasteiger partial charge in [0.1, 0.15) is 5.76 Å². The number of rotatable bonds is 2. The number of hydrogen-bond donors (Lipinski definition) is 0. The van der Waals surface area contributed by atoms with E-state index >= 15 is 0 Å². The average molecular weight is 339 g/mol. The van der Waals surface area contributed by atoms with Crippen molar-refractivity contribution in [1.82, 2.24) is 0 Å². The maximum Gasteiger partial charge on any atom is 0.337 e. The first-order valence-electron chi connectivity index (χ1n) is 6.31. The smallest absolute Gasteiger partial charge is 0.337 e. The molecule has 0 aliphatic heterocycles. The molecule has 0 radical (unpaired) electrons. The first kappa shape index (κ1) is 14.8. The molecule has 4 nitrogen and oxygen atoms in total. The Morgan fingerprint density at radius 2 is 2.00 bits per heavy atom.